The van der Waals surface area contributed by atoms with Crippen LogP contribution in [0.5, 0.6) is 11.5 Å². The first kappa shape index (κ1) is 18.0. The van der Waals surface area contributed by atoms with Crippen molar-refractivity contribution in [1.82, 2.24) is 0 Å². The summed E-state index contributed by atoms with van der Waals surface area (Å²) in [5, 5.41) is 3.70. The van der Waals surface area contributed by atoms with Gasteiger partial charge in [0.2, 0.25) is 0 Å². The third-order valence-corrected chi connectivity index (χ3v) is 4.90. The molecule has 0 saturated heterocycles. The molecule has 1 amide bonds. The topological polar surface area (TPSA) is 77.8 Å². The van der Waals surface area contributed by atoms with Gasteiger partial charge in [-0.1, -0.05) is 30.3 Å². The number of ether oxygens (including phenoxy) is 2. The second kappa shape index (κ2) is 7.40. The van der Waals surface area contributed by atoms with Gasteiger partial charge in [-0.25, -0.2) is 4.79 Å². The van der Waals surface area contributed by atoms with Crippen LogP contribution in [-0.4, -0.2) is 19.1 Å². The molecule has 1 aliphatic heterocycles. The summed E-state index contributed by atoms with van der Waals surface area (Å²) in [7, 11) is 0. The minimum atomic E-state index is -0.401. The van der Waals surface area contributed by atoms with E-state index in [1.54, 1.807) is 48.5 Å². The number of carbonyl (C=O) groups is 1. The van der Waals surface area contributed by atoms with Crippen LogP contribution in [0.3, 0.4) is 0 Å². The number of para-hydroxylation sites is 1. The summed E-state index contributed by atoms with van der Waals surface area (Å²) < 4.78 is 16.4. The van der Waals surface area contributed by atoms with E-state index in [-0.39, 0.29) is 5.91 Å². The van der Waals surface area contributed by atoms with Gasteiger partial charge < -0.3 is 19.2 Å². The number of rotatable bonds is 3. The minimum Gasteiger partial charge on any atom is -0.486 e. The zero-order chi connectivity index (χ0) is 20.5. The number of carbonyl (C=O) groups excluding carboxylic acids is 1. The zero-order valence-corrected chi connectivity index (χ0v) is 15.9. The molecular formula is C24H17NO5. The average molecular weight is 399 g/mol. The summed E-state index contributed by atoms with van der Waals surface area (Å²) in [5.41, 5.74) is 2.42. The third-order valence-electron chi connectivity index (χ3n) is 4.90. The van der Waals surface area contributed by atoms with Crippen LogP contribution in [0.15, 0.2) is 82.0 Å². The first-order valence-electron chi connectivity index (χ1n) is 9.52. The molecule has 1 N–H and O–H groups in total. The molecule has 0 atom stereocenters. The Balaban J connectivity index is 1.37. The Hall–Kier alpha value is -4.06. The SMILES string of the molecule is O=C(Nc1ccc(-c2cc3ccccc3oc2=O)cc1)c1ccc2c(c1)OCCO2. The van der Waals surface area contributed by atoms with Crippen molar-refractivity contribution in [3.63, 3.8) is 0 Å². The van der Waals surface area contributed by atoms with Crippen molar-refractivity contribution in [2.24, 2.45) is 0 Å². The van der Waals surface area contributed by atoms with Gasteiger partial charge in [0, 0.05) is 16.6 Å². The van der Waals surface area contributed by atoms with E-state index in [2.05, 4.69) is 5.32 Å². The van der Waals surface area contributed by atoms with Gasteiger partial charge in [-0.3, -0.25) is 4.79 Å². The van der Waals surface area contributed by atoms with Crippen molar-refractivity contribution >= 4 is 22.6 Å². The molecule has 3 aromatic carbocycles. The monoisotopic (exact) mass is 399 g/mol. The maximum Gasteiger partial charge on any atom is 0.344 e. The summed E-state index contributed by atoms with van der Waals surface area (Å²) in [6.07, 6.45) is 0. The average Bonchev–Trinajstić information content (AvgIpc) is 2.79. The van der Waals surface area contributed by atoms with Crippen molar-refractivity contribution in [1.29, 1.82) is 0 Å². The van der Waals surface area contributed by atoms with Gasteiger partial charge in [0.25, 0.3) is 5.91 Å². The molecule has 30 heavy (non-hydrogen) atoms. The van der Waals surface area contributed by atoms with Gasteiger partial charge in [0.05, 0.1) is 5.56 Å². The molecule has 0 spiro atoms. The molecular weight excluding hydrogens is 382 g/mol. The zero-order valence-electron chi connectivity index (χ0n) is 15.9. The van der Waals surface area contributed by atoms with E-state index < -0.39 is 5.63 Å². The van der Waals surface area contributed by atoms with Crippen LogP contribution in [0.2, 0.25) is 0 Å². The van der Waals surface area contributed by atoms with E-state index in [1.165, 1.54) is 0 Å². The normalized spacial score (nSPS) is 12.5. The standard InChI is InChI=1S/C24H17NO5/c26-23(17-7-10-21-22(14-17)29-12-11-28-21)25-18-8-5-15(6-9-18)19-13-16-3-1-2-4-20(16)30-24(19)27/h1-10,13-14H,11-12H2,(H,25,26). The Morgan fingerprint density at radius 3 is 2.43 bits per heavy atom. The van der Waals surface area contributed by atoms with E-state index in [0.717, 1.165) is 5.39 Å². The van der Waals surface area contributed by atoms with Gasteiger partial charge in [0.1, 0.15) is 18.8 Å². The summed E-state index contributed by atoms with van der Waals surface area (Å²) in [5.74, 6) is 0.939. The van der Waals surface area contributed by atoms with Gasteiger partial charge in [-0.2, -0.15) is 0 Å². The minimum absolute atomic E-state index is 0.259. The van der Waals surface area contributed by atoms with E-state index in [9.17, 15) is 9.59 Å². The molecule has 4 aromatic rings. The second-order valence-electron chi connectivity index (χ2n) is 6.88. The Kier molecular flexibility index (Phi) is 4.44. The van der Waals surface area contributed by atoms with Crippen LogP contribution < -0.4 is 20.4 Å². The summed E-state index contributed by atoms with van der Waals surface area (Å²) in [6, 6.07) is 21.3. The number of hydrogen-bond acceptors (Lipinski definition) is 5. The van der Waals surface area contributed by atoms with Crippen LogP contribution in [0.1, 0.15) is 10.4 Å². The van der Waals surface area contributed by atoms with Crippen molar-refractivity contribution in [2.75, 3.05) is 18.5 Å². The lowest BCUT2D eigenvalue weighted by Crippen LogP contribution is -2.17. The predicted octanol–water partition coefficient (Wildman–Crippen LogP) is 4.48. The Bertz CT molecular complexity index is 1310. The highest BCUT2D eigenvalue weighted by Crippen LogP contribution is 2.31. The van der Waals surface area contributed by atoms with Gasteiger partial charge in [-0.15, -0.1) is 0 Å². The Morgan fingerprint density at radius 1 is 0.833 bits per heavy atom. The molecule has 0 fully saturated rings. The van der Waals surface area contributed by atoms with Gasteiger partial charge in [-0.05, 0) is 48.0 Å². The molecule has 6 heteroatoms. The molecule has 0 saturated carbocycles. The van der Waals surface area contributed by atoms with Crippen LogP contribution in [-0.2, 0) is 0 Å². The number of benzene rings is 3. The molecule has 1 aromatic heterocycles. The molecule has 0 unspecified atom stereocenters. The quantitative estimate of drug-likeness (QED) is 0.514. The highest BCUT2D eigenvalue weighted by Gasteiger charge is 2.15. The molecule has 6 nitrogen and oxygen atoms in total. The number of nitrogens with one attached hydrogen (secondary N) is 1. The largest absolute Gasteiger partial charge is 0.486 e. The van der Waals surface area contributed by atoms with E-state index in [0.29, 0.717) is 52.7 Å². The highest BCUT2D eigenvalue weighted by molar-refractivity contribution is 6.04. The van der Waals surface area contributed by atoms with Gasteiger partial charge in [0.15, 0.2) is 11.5 Å². The van der Waals surface area contributed by atoms with E-state index in [4.69, 9.17) is 13.9 Å². The van der Waals surface area contributed by atoms with Crippen LogP contribution >= 0.6 is 0 Å². The third kappa shape index (κ3) is 3.39. The van der Waals surface area contributed by atoms with Crippen molar-refractivity contribution in [3.05, 3.63) is 88.8 Å². The van der Waals surface area contributed by atoms with E-state index in [1.807, 2.05) is 24.3 Å². The molecule has 1 aliphatic rings. The number of anilines is 1. The molecule has 2 heterocycles. The number of hydrogen-bond donors (Lipinski definition) is 1. The molecule has 0 aliphatic carbocycles. The highest BCUT2D eigenvalue weighted by atomic mass is 16.6. The first-order chi connectivity index (χ1) is 14.7. The Morgan fingerprint density at radius 2 is 1.60 bits per heavy atom. The summed E-state index contributed by atoms with van der Waals surface area (Å²) >= 11 is 0. The molecule has 0 bridgehead atoms. The fourth-order valence-electron chi connectivity index (χ4n) is 3.38. The second-order valence-corrected chi connectivity index (χ2v) is 6.88. The lowest BCUT2D eigenvalue weighted by atomic mass is 10.1. The number of fused-ring (bicyclic) bond motifs is 2. The van der Waals surface area contributed by atoms with Crippen LogP contribution in [0, 0.1) is 0 Å². The van der Waals surface area contributed by atoms with Crippen molar-refractivity contribution in [2.45, 2.75) is 0 Å². The smallest absolute Gasteiger partial charge is 0.344 e. The number of amides is 1. The summed E-state index contributed by atoms with van der Waals surface area (Å²) in [4.78, 5) is 24.9. The molecule has 148 valence electrons. The molecule has 5 rings (SSSR count). The van der Waals surface area contributed by atoms with Crippen molar-refractivity contribution < 1.29 is 18.7 Å². The van der Waals surface area contributed by atoms with Crippen LogP contribution in [0.4, 0.5) is 5.69 Å². The fraction of sp³-hybridized carbons (Fsp3) is 0.0833. The predicted molar refractivity (Wildman–Crippen MR) is 113 cm³/mol. The first-order valence-corrected chi connectivity index (χ1v) is 9.52. The maximum absolute atomic E-state index is 12.6. The van der Waals surface area contributed by atoms with Crippen LogP contribution in [0.25, 0.3) is 22.1 Å². The van der Waals surface area contributed by atoms with Gasteiger partial charge >= 0.3 is 5.63 Å². The lowest BCUT2D eigenvalue weighted by molar-refractivity contribution is 0.102. The maximum atomic E-state index is 12.6. The molecule has 0 radical (unpaired) electrons. The fourth-order valence-corrected chi connectivity index (χ4v) is 3.38. The summed E-state index contributed by atoms with van der Waals surface area (Å²) in [6.45, 7) is 0.961. The lowest BCUT2D eigenvalue weighted by Gasteiger charge is -2.18. The Labute approximate surface area is 171 Å². The van der Waals surface area contributed by atoms with Crippen molar-refractivity contribution in [3.8, 4) is 22.6 Å². The van der Waals surface area contributed by atoms with E-state index >= 15 is 0 Å².